The summed E-state index contributed by atoms with van der Waals surface area (Å²) in [5, 5.41) is 0. The fraction of sp³-hybridized carbons (Fsp3) is 0.913. The van der Waals surface area contributed by atoms with Gasteiger partial charge < -0.3 is 14.2 Å². The van der Waals surface area contributed by atoms with Crippen molar-refractivity contribution in [3.05, 3.63) is 24.3 Å². The first-order chi connectivity index (χ1) is 36.6. The summed E-state index contributed by atoms with van der Waals surface area (Å²) in [6.07, 6.45) is 80.9. The molecule has 0 bridgehead atoms. The molecular weight excluding hydrogens is 909 g/mol. The van der Waals surface area contributed by atoms with E-state index in [9.17, 15) is 9.59 Å². The lowest BCUT2D eigenvalue weighted by Crippen LogP contribution is -2.30. The zero-order valence-electron chi connectivity index (χ0n) is 50.6. The number of rotatable bonds is 64. The molecule has 438 valence electrons. The maximum absolute atomic E-state index is 12.9. The molecule has 0 radical (unpaired) electrons. The van der Waals surface area contributed by atoms with E-state index in [4.69, 9.17) is 14.2 Å². The molecule has 0 heterocycles. The quantitative estimate of drug-likeness (QED) is 0.0345. The van der Waals surface area contributed by atoms with E-state index in [0.717, 1.165) is 38.5 Å². The van der Waals surface area contributed by atoms with Gasteiger partial charge in [0.15, 0.2) is 6.10 Å². The predicted molar refractivity (Wildman–Crippen MR) is 326 cm³/mol. The van der Waals surface area contributed by atoms with E-state index < -0.39 is 6.10 Å². The molecule has 0 aliphatic rings. The SMILES string of the molecule is CCCCC/C=C\C/C=C\CCCCCCCCCCCC(=O)OCC(COCCCCCCCCCCCCCCCCCCCCCC)OC(=O)CCCCCCCCCCCCCCCCCCCCC. The molecular formula is C69H132O5. The van der Waals surface area contributed by atoms with Crippen molar-refractivity contribution in [1.29, 1.82) is 0 Å². The molecule has 0 aromatic carbocycles. The number of ether oxygens (including phenoxy) is 3. The fourth-order valence-corrected chi connectivity index (χ4v) is 10.4. The zero-order valence-corrected chi connectivity index (χ0v) is 50.6. The van der Waals surface area contributed by atoms with Gasteiger partial charge in [-0.05, 0) is 51.4 Å². The first-order valence-corrected chi connectivity index (χ1v) is 33.9. The van der Waals surface area contributed by atoms with Crippen molar-refractivity contribution in [3.63, 3.8) is 0 Å². The van der Waals surface area contributed by atoms with Gasteiger partial charge in [-0.2, -0.15) is 0 Å². The summed E-state index contributed by atoms with van der Waals surface area (Å²) in [6.45, 7) is 7.90. The van der Waals surface area contributed by atoms with Gasteiger partial charge in [0, 0.05) is 19.4 Å². The third-order valence-electron chi connectivity index (χ3n) is 15.5. The Labute approximate surface area is 464 Å². The Kier molecular flexibility index (Phi) is 64.2. The van der Waals surface area contributed by atoms with Crippen molar-refractivity contribution in [3.8, 4) is 0 Å². The van der Waals surface area contributed by atoms with Gasteiger partial charge in [0.05, 0.1) is 6.61 Å². The summed E-state index contributed by atoms with van der Waals surface area (Å²) < 4.78 is 17.6. The summed E-state index contributed by atoms with van der Waals surface area (Å²) in [6, 6.07) is 0. The number of carbonyl (C=O) groups is 2. The molecule has 0 N–H and O–H groups in total. The zero-order chi connectivity index (χ0) is 53.4. The van der Waals surface area contributed by atoms with Crippen LogP contribution in [0.15, 0.2) is 24.3 Å². The summed E-state index contributed by atoms with van der Waals surface area (Å²) in [5.41, 5.74) is 0. The van der Waals surface area contributed by atoms with Crippen LogP contribution in [-0.4, -0.2) is 37.9 Å². The molecule has 0 rings (SSSR count). The van der Waals surface area contributed by atoms with Crippen LogP contribution in [0.5, 0.6) is 0 Å². The maximum atomic E-state index is 12.9. The number of hydrogen-bond acceptors (Lipinski definition) is 5. The van der Waals surface area contributed by atoms with Crippen LogP contribution in [0.3, 0.4) is 0 Å². The Hall–Kier alpha value is -1.62. The van der Waals surface area contributed by atoms with Crippen LogP contribution in [0.4, 0.5) is 0 Å². The predicted octanol–water partition coefficient (Wildman–Crippen LogP) is 23.5. The lowest BCUT2D eigenvalue weighted by atomic mass is 10.0. The highest BCUT2D eigenvalue weighted by Crippen LogP contribution is 2.18. The van der Waals surface area contributed by atoms with Crippen LogP contribution in [0.1, 0.15) is 380 Å². The van der Waals surface area contributed by atoms with Gasteiger partial charge in [-0.3, -0.25) is 9.59 Å². The van der Waals surface area contributed by atoms with Crippen molar-refractivity contribution < 1.29 is 23.8 Å². The number of allylic oxidation sites excluding steroid dienone is 4. The molecule has 5 nitrogen and oxygen atoms in total. The Morgan fingerprint density at radius 1 is 0.297 bits per heavy atom. The molecule has 0 aliphatic heterocycles. The minimum atomic E-state index is -0.532. The maximum Gasteiger partial charge on any atom is 0.306 e. The average Bonchev–Trinajstić information content (AvgIpc) is 3.40. The van der Waals surface area contributed by atoms with E-state index in [0.29, 0.717) is 26.1 Å². The van der Waals surface area contributed by atoms with Crippen LogP contribution in [0, 0.1) is 0 Å². The molecule has 74 heavy (non-hydrogen) atoms. The van der Waals surface area contributed by atoms with E-state index in [1.54, 1.807) is 0 Å². The summed E-state index contributed by atoms with van der Waals surface area (Å²) in [7, 11) is 0. The standard InChI is InChI=1S/C69H132O5/c1-4-7-10-13-16-19-22-25-28-31-34-37-40-43-46-49-52-55-58-61-64-72-65-67(74-69(71)63-60-57-54-51-48-45-42-39-36-33-30-27-24-21-18-15-12-9-6-3)66-73-68(70)62-59-56-53-50-47-44-41-38-35-32-29-26-23-20-17-14-11-8-5-2/h17,20,26,29,67H,4-16,18-19,21-25,27-28,30-66H2,1-3H3/b20-17-,29-26-. The second kappa shape index (κ2) is 65.7. The second-order valence-corrected chi connectivity index (χ2v) is 23.1. The number of carbonyl (C=O) groups excluding carboxylic acids is 2. The smallest absolute Gasteiger partial charge is 0.306 e. The first kappa shape index (κ1) is 72.4. The third kappa shape index (κ3) is 62.9. The first-order valence-electron chi connectivity index (χ1n) is 33.9. The summed E-state index contributed by atoms with van der Waals surface area (Å²) in [5.74, 6) is -0.371. The lowest BCUT2D eigenvalue weighted by molar-refractivity contribution is -0.163. The van der Waals surface area contributed by atoms with Crippen LogP contribution in [0.25, 0.3) is 0 Å². The second-order valence-electron chi connectivity index (χ2n) is 23.1. The van der Waals surface area contributed by atoms with Crippen molar-refractivity contribution in [2.24, 2.45) is 0 Å². The van der Waals surface area contributed by atoms with Crippen molar-refractivity contribution in [2.45, 2.75) is 386 Å². The Morgan fingerprint density at radius 3 is 0.919 bits per heavy atom. The van der Waals surface area contributed by atoms with Crippen LogP contribution in [-0.2, 0) is 23.8 Å². The van der Waals surface area contributed by atoms with E-state index >= 15 is 0 Å². The Balaban J connectivity index is 4.21. The topological polar surface area (TPSA) is 61.8 Å². The average molecular weight is 1040 g/mol. The van der Waals surface area contributed by atoms with Gasteiger partial charge in [0.2, 0.25) is 0 Å². The van der Waals surface area contributed by atoms with Gasteiger partial charge in [-0.1, -0.05) is 340 Å². The normalized spacial score (nSPS) is 12.2. The minimum absolute atomic E-state index is 0.0922. The molecule has 0 saturated carbocycles. The molecule has 0 spiro atoms. The highest BCUT2D eigenvalue weighted by Gasteiger charge is 2.18. The third-order valence-corrected chi connectivity index (χ3v) is 15.5. The van der Waals surface area contributed by atoms with E-state index in [1.165, 1.54) is 308 Å². The van der Waals surface area contributed by atoms with Crippen LogP contribution >= 0.6 is 0 Å². The fourth-order valence-electron chi connectivity index (χ4n) is 10.4. The number of unbranched alkanes of at least 4 members (excludes halogenated alkanes) is 49. The van der Waals surface area contributed by atoms with Crippen molar-refractivity contribution in [2.75, 3.05) is 19.8 Å². The monoisotopic (exact) mass is 1040 g/mol. The van der Waals surface area contributed by atoms with Gasteiger partial charge in [0.25, 0.3) is 0 Å². The highest BCUT2D eigenvalue weighted by atomic mass is 16.6. The van der Waals surface area contributed by atoms with E-state index in [-0.39, 0.29) is 18.5 Å². The van der Waals surface area contributed by atoms with Crippen molar-refractivity contribution >= 4 is 11.9 Å². The van der Waals surface area contributed by atoms with Gasteiger partial charge >= 0.3 is 11.9 Å². The highest BCUT2D eigenvalue weighted by molar-refractivity contribution is 5.70. The molecule has 0 amide bonds. The van der Waals surface area contributed by atoms with E-state index in [1.807, 2.05) is 0 Å². The van der Waals surface area contributed by atoms with E-state index in [2.05, 4.69) is 45.1 Å². The largest absolute Gasteiger partial charge is 0.462 e. The molecule has 1 atom stereocenters. The molecule has 5 heteroatoms. The van der Waals surface area contributed by atoms with Crippen LogP contribution < -0.4 is 0 Å². The van der Waals surface area contributed by atoms with Gasteiger partial charge in [0.1, 0.15) is 6.61 Å². The molecule has 0 saturated heterocycles. The van der Waals surface area contributed by atoms with Crippen molar-refractivity contribution in [1.82, 2.24) is 0 Å². The summed E-state index contributed by atoms with van der Waals surface area (Å²) >= 11 is 0. The molecule has 0 aromatic rings. The van der Waals surface area contributed by atoms with Crippen LogP contribution in [0.2, 0.25) is 0 Å². The van der Waals surface area contributed by atoms with Gasteiger partial charge in [-0.25, -0.2) is 0 Å². The minimum Gasteiger partial charge on any atom is -0.462 e. The number of esters is 2. The Bertz CT molecular complexity index is 1130. The molecule has 0 fully saturated rings. The Morgan fingerprint density at radius 2 is 0.568 bits per heavy atom. The lowest BCUT2D eigenvalue weighted by Gasteiger charge is -2.18. The van der Waals surface area contributed by atoms with Gasteiger partial charge in [-0.15, -0.1) is 0 Å². The number of hydrogen-bond donors (Lipinski definition) is 0. The molecule has 1 unspecified atom stereocenters. The molecule has 0 aliphatic carbocycles. The molecule has 0 aromatic heterocycles. The summed E-state index contributed by atoms with van der Waals surface area (Å²) in [4.78, 5) is 25.7.